The predicted molar refractivity (Wildman–Crippen MR) is 70.3 cm³/mol. The van der Waals surface area contributed by atoms with E-state index in [1.807, 2.05) is 0 Å². The van der Waals surface area contributed by atoms with Crippen molar-refractivity contribution < 1.29 is 0 Å². The monoisotopic (exact) mass is 264 g/mol. The Hall–Kier alpha value is -0.740. The van der Waals surface area contributed by atoms with Gasteiger partial charge in [0.15, 0.2) is 0 Å². The first-order chi connectivity index (χ1) is 6.97. The van der Waals surface area contributed by atoms with Crippen LogP contribution in [-0.2, 0) is 0 Å². The molecule has 1 aromatic carbocycles. The normalized spacial score (nSPS) is 10.8. The first kappa shape index (κ1) is 12.3. The van der Waals surface area contributed by atoms with Crippen LogP contribution in [0.1, 0.15) is 56.2 Å². The van der Waals surface area contributed by atoms with E-state index in [1.54, 1.807) is 0 Å². The quantitative estimate of drug-likeness (QED) is 0.681. The largest absolute Gasteiger partial charge is 0.115 e. The van der Waals surface area contributed by atoms with E-state index in [4.69, 9.17) is 6.42 Å². The van der Waals surface area contributed by atoms with Crippen LogP contribution in [0.4, 0.5) is 0 Å². The number of terminal acetylenes is 1. The summed E-state index contributed by atoms with van der Waals surface area (Å²) in [5, 5.41) is 0. The maximum Gasteiger partial charge on any atom is 0.0249 e. The Morgan fingerprint density at radius 3 is 1.73 bits per heavy atom. The molecule has 0 unspecified atom stereocenters. The molecule has 0 saturated heterocycles. The van der Waals surface area contributed by atoms with Crippen molar-refractivity contribution >= 4 is 15.9 Å². The van der Waals surface area contributed by atoms with Crippen LogP contribution in [0.15, 0.2) is 16.6 Å². The van der Waals surface area contributed by atoms with E-state index in [9.17, 15) is 0 Å². The third kappa shape index (κ3) is 2.63. The molecule has 80 valence electrons. The molecule has 1 rings (SSSR count). The molecule has 0 saturated carbocycles. The molecule has 1 aromatic rings. The standard InChI is InChI=1S/C14H17Br/c1-6-11-7-12(9(2)3)14(15)13(8-11)10(4)5/h1,7-10H,2-5H3. The Morgan fingerprint density at radius 2 is 1.47 bits per heavy atom. The number of halogens is 1. The zero-order valence-electron chi connectivity index (χ0n) is 9.76. The fourth-order valence-corrected chi connectivity index (χ4v) is 2.74. The molecule has 0 spiro atoms. The summed E-state index contributed by atoms with van der Waals surface area (Å²) in [5.74, 6) is 3.71. The highest BCUT2D eigenvalue weighted by Gasteiger charge is 2.12. The minimum Gasteiger partial charge on any atom is -0.115 e. The minimum absolute atomic E-state index is 0.491. The molecule has 15 heavy (non-hydrogen) atoms. The van der Waals surface area contributed by atoms with Crippen molar-refractivity contribution in [3.05, 3.63) is 33.3 Å². The summed E-state index contributed by atoms with van der Waals surface area (Å²) < 4.78 is 1.21. The van der Waals surface area contributed by atoms with Crippen LogP contribution in [0.25, 0.3) is 0 Å². The van der Waals surface area contributed by atoms with Crippen LogP contribution in [0.5, 0.6) is 0 Å². The average Bonchev–Trinajstić information content (AvgIpc) is 2.17. The van der Waals surface area contributed by atoms with E-state index < -0.39 is 0 Å². The summed E-state index contributed by atoms with van der Waals surface area (Å²) in [6, 6.07) is 4.20. The molecule has 0 atom stereocenters. The average molecular weight is 265 g/mol. The molecule has 0 fully saturated rings. The first-order valence-corrected chi connectivity index (χ1v) is 6.06. The lowest BCUT2D eigenvalue weighted by atomic mass is 9.93. The summed E-state index contributed by atoms with van der Waals surface area (Å²) in [7, 11) is 0. The zero-order chi connectivity index (χ0) is 11.6. The Balaban J connectivity index is 3.42. The lowest BCUT2D eigenvalue weighted by Crippen LogP contribution is -1.98. The molecule has 1 heteroatoms. The summed E-state index contributed by atoms with van der Waals surface area (Å²) >= 11 is 3.68. The van der Waals surface area contributed by atoms with Gasteiger partial charge in [0.25, 0.3) is 0 Å². The maximum atomic E-state index is 5.47. The molecule has 0 N–H and O–H groups in total. The zero-order valence-corrected chi connectivity index (χ0v) is 11.4. The van der Waals surface area contributed by atoms with Crippen LogP contribution in [-0.4, -0.2) is 0 Å². The summed E-state index contributed by atoms with van der Waals surface area (Å²) in [6.45, 7) is 8.74. The van der Waals surface area contributed by atoms with Gasteiger partial charge < -0.3 is 0 Å². The molecule has 0 heterocycles. The van der Waals surface area contributed by atoms with Gasteiger partial charge >= 0.3 is 0 Å². The molecular formula is C14H17Br. The highest BCUT2D eigenvalue weighted by atomic mass is 79.9. The van der Waals surface area contributed by atoms with Crippen LogP contribution in [0.2, 0.25) is 0 Å². The van der Waals surface area contributed by atoms with Gasteiger partial charge in [0.2, 0.25) is 0 Å². The molecular weight excluding hydrogens is 248 g/mol. The van der Waals surface area contributed by atoms with Crippen molar-refractivity contribution in [3.8, 4) is 12.3 Å². The van der Waals surface area contributed by atoms with Crippen molar-refractivity contribution in [1.29, 1.82) is 0 Å². The third-order valence-electron chi connectivity index (χ3n) is 2.54. The van der Waals surface area contributed by atoms with Gasteiger partial charge in [0.1, 0.15) is 0 Å². The van der Waals surface area contributed by atoms with Gasteiger partial charge in [-0.3, -0.25) is 0 Å². The second-order valence-electron chi connectivity index (χ2n) is 4.42. The van der Waals surface area contributed by atoms with Gasteiger partial charge in [0, 0.05) is 10.0 Å². The second kappa shape index (κ2) is 4.86. The molecule has 0 nitrogen and oxygen atoms in total. The first-order valence-electron chi connectivity index (χ1n) is 5.27. The summed E-state index contributed by atoms with van der Waals surface area (Å²) in [4.78, 5) is 0. The molecule has 0 radical (unpaired) electrons. The van der Waals surface area contributed by atoms with E-state index in [-0.39, 0.29) is 0 Å². The molecule has 0 aliphatic rings. The van der Waals surface area contributed by atoms with Crippen molar-refractivity contribution in [2.45, 2.75) is 39.5 Å². The number of rotatable bonds is 2. The smallest absolute Gasteiger partial charge is 0.0249 e. The minimum atomic E-state index is 0.491. The molecule has 0 aliphatic heterocycles. The van der Waals surface area contributed by atoms with Crippen LogP contribution in [0, 0.1) is 12.3 Å². The van der Waals surface area contributed by atoms with Crippen LogP contribution < -0.4 is 0 Å². The topological polar surface area (TPSA) is 0 Å². The highest BCUT2D eigenvalue weighted by Crippen LogP contribution is 2.33. The molecule has 0 aliphatic carbocycles. The summed E-state index contributed by atoms with van der Waals surface area (Å²) in [6.07, 6.45) is 5.47. The van der Waals surface area contributed by atoms with Crippen molar-refractivity contribution in [1.82, 2.24) is 0 Å². The Morgan fingerprint density at radius 1 is 1.07 bits per heavy atom. The van der Waals surface area contributed by atoms with E-state index in [0.717, 1.165) is 5.56 Å². The van der Waals surface area contributed by atoms with Gasteiger partial charge in [-0.1, -0.05) is 49.5 Å². The molecule has 0 bridgehead atoms. The lowest BCUT2D eigenvalue weighted by molar-refractivity contribution is 0.823. The van der Waals surface area contributed by atoms with Crippen LogP contribution in [0.3, 0.4) is 0 Å². The molecule has 0 amide bonds. The second-order valence-corrected chi connectivity index (χ2v) is 5.22. The lowest BCUT2D eigenvalue weighted by Gasteiger charge is -2.16. The maximum absolute atomic E-state index is 5.47. The Kier molecular flexibility index (Phi) is 3.99. The van der Waals surface area contributed by atoms with E-state index in [2.05, 4.69) is 61.7 Å². The van der Waals surface area contributed by atoms with E-state index in [0.29, 0.717) is 11.8 Å². The Labute approximate surface area is 101 Å². The van der Waals surface area contributed by atoms with Gasteiger partial charge in [-0.15, -0.1) is 6.42 Å². The van der Waals surface area contributed by atoms with Crippen molar-refractivity contribution in [2.24, 2.45) is 0 Å². The van der Waals surface area contributed by atoms with E-state index >= 15 is 0 Å². The third-order valence-corrected chi connectivity index (χ3v) is 3.46. The number of hydrogen-bond donors (Lipinski definition) is 0. The highest BCUT2D eigenvalue weighted by molar-refractivity contribution is 9.10. The fourth-order valence-electron chi connectivity index (χ4n) is 1.59. The SMILES string of the molecule is C#Cc1cc(C(C)C)c(Br)c(C(C)C)c1. The Bertz CT molecular complexity index is 365. The van der Waals surface area contributed by atoms with Crippen LogP contribution >= 0.6 is 15.9 Å². The van der Waals surface area contributed by atoms with Crippen molar-refractivity contribution in [3.63, 3.8) is 0 Å². The van der Waals surface area contributed by atoms with Gasteiger partial charge in [-0.2, -0.15) is 0 Å². The number of hydrogen-bond acceptors (Lipinski definition) is 0. The predicted octanol–water partition coefficient (Wildman–Crippen LogP) is 4.68. The fraction of sp³-hybridized carbons (Fsp3) is 0.429. The van der Waals surface area contributed by atoms with Crippen molar-refractivity contribution in [2.75, 3.05) is 0 Å². The van der Waals surface area contributed by atoms with Gasteiger partial charge in [0.05, 0.1) is 0 Å². The van der Waals surface area contributed by atoms with E-state index in [1.165, 1.54) is 15.6 Å². The van der Waals surface area contributed by atoms with Gasteiger partial charge in [-0.25, -0.2) is 0 Å². The molecule has 0 aromatic heterocycles. The van der Waals surface area contributed by atoms with Gasteiger partial charge in [-0.05, 0) is 35.1 Å². The summed E-state index contributed by atoms with van der Waals surface area (Å²) in [5.41, 5.74) is 3.58. The number of benzene rings is 1.